The molecule has 1 heterocycles. The zero-order valence-electron chi connectivity index (χ0n) is 6.68. The molecule has 2 aromatic rings. The largest absolute Gasteiger partial charge is 0.463 e. The summed E-state index contributed by atoms with van der Waals surface area (Å²) in [6.07, 6.45) is 1.83. The number of rotatable bonds is 2. The van der Waals surface area contributed by atoms with E-state index in [1.807, 2.05) is 12.3 Å². The first-order valence-corrected chi connectivity index (χ1v) is 4.56. The van der Waals surface area contributed by atoms with Crippen LogP contribution in [-0.4, -0.2) is 11.8 Å². The second-order valence-electron chi connectivity index (χ2n) is 2.60. The minimum absolute atomic E-state index is 0.529. The number of alkyl halides is 1. The third-order valence-electron chi connectivity index (χ3n) is 1.81. The predicted octanol–water partition coefficient (Wildman–Crippen LogP) is 3.24. The van der Waals surface area contributed by atoms with Gasteiger partial charge in [-0.3, -0.25) is 0 Å². The normalized spacial score (nSPS) is 10.6. The predicted molar refractivity (Wildman–Crippen MR) is 52.6 cm³/mol. The second kappa shape index (κ2) is 3.38. The number of halogens is 2. The number of nitrogens with one attached hydrogen (secondary N) is 1. The quantitative estimate of drug-likeness (QED) is 0.861. The van der Waals surface area contributed by atoms with Crippen molar-refractivity contribution in [3.8, 4) is 5.75 Å². The number of aromatic nitrogens is 1. The van der Waals surface area contributed by atoms with Crippen LogP contribution in [0.15, 0.2) is 28.9 Å². The lowest BCUT2D eigenvalue weighted by atomic mass is 10.2. The van der Waals surface area contributed by atoms with E-state index >= 15 is 0 Å². The summed E-state index contributed by atoms with van der Waals surface area (Å²) in [6, 6.07) is 5.43. The molecule has 4 heteroatoms. The van der Waals surface area contributed by atoms with Crippen LogP contribution in [-0.2, 0) is 0 Å². The minimum Gasteiger partial charge on any atom is -0.463 e. The van der Waals surface area contributed by atoms with E-state index in [0.717, 1.165) is 15.4 Å². The van der Waals surface area contributed by atoms with Crippen molar-refractivity contribution in [1.29, 1.82) is 0 Å². The zero-order chi connectivity index (χ0) is 9.26. The first kappa shape index (κ1) is 8.56. The molecule has 0 saturated heterocycles. The van der Waals surface area contributed by atoms with Gasteiger partial charge < -0.3 is 9.72 Å². The third-order valence-corrected chi connectivity index (χ3v) is 2.43. The van der Waals surface area contributed by atoms with Crippen molar-refractivity contribution in [2.24, 2.45) is 0 Å². The summed E-state index contributed by atoms with van der Waals surface area (Å²) in [5.74, 6) is 0.529. The van der Waals surface area contributed by atoms with Crippen molar-refractivity contribution >= 4 is 26.8 Å². The molecular weight excluding hydrogens is 237 g/mol. The number of hydrogen-bond acceptors (Lipinski definition) is 1. The summed E-state index contributed by atoms with van der Waals surface area (Å²) >= 11 is 3.36. The number of ether oxygens (including phenoxy) is 1. The van der Waals surface area contributed by atoms with Crippen LogP contribution in [0.25, 0.3) is 10.9 Å². The number of hydrogen-bond donors (Lipinski definition) is 1. The van der Waals surface area contributed by atoms with E-state index in [1.54, 1.807) is 12.1 Å². The molecule has 0 spiro atoms. The van der Waals surface area contributed by atoms with E-state index in [4.69, 9.17) is 4.74 Å². The molecule has 2 nitrogen and oxygen atoms in total. The Hall–Kier alpha value is -1.03. The molecule has 1 N–H and O–H groups in total. The Labute approximate surface area is 82.8 Å². The molecule has 0 aliphatic carbocycles. The summed E-state index contributed by atoms with van der Waals surface area (Å²) in [6.45, 7) is -0.803. The molecule has 0 unspecified atom stereocenters. The molecule has 0 radical (unpaired) electrons. The van der Waals surface area contributed by atoms with Crippen molar-refractivity contribution in [3.05, 3.63) is 28.9 Å². The van der Waals surface area contributed by atoms with E-state index in [2.05, 4.69) is 20.9 Å². The lowest BCUT2D eigenvalue weighted by molar-refractivity contribution is 0.192. The maximum atomic E-state index is 11.9. The third kappa shape index (κ3) is 1.54. The fraction of sp³-hybridized carbons (Fsp3) is 0.111. The van der Waals surface area contributed by atoms with Crippen LogP contribution in [0.4, 0.5) is 4.39 Å². The van der Waals surface area contributed by atoms with Crippen LogP contribution in [0.2, 0.25) is 0 Å². The summed E-state index contributed by atoms with van der Waals surface area (Å²) < 4.78 is 17.5. The maximum absolute atomic E-state index is 11.9. The Kier molecular flexibility index (Phi) is 2.22. The average molecular weight is 244 g/mol. The van der Waals surface area contributed by atoms with Crippen molar-refractivity contribution in [1.82, 2.24) is 4.98 Å². The maximum Gasteiger partial charge on any atom is 0.228 e. The van der Waals surface area contributed by atoms with Crippen LogP contribution in [0.1, 0.15) is 0 Å². The SMILES string of the molecule is FCOc1cc(Br)c2[nH]ccc2c1. The highest BCUT2D eigenvalue weighted by Crippen LogP contribution is 2.28. The molecule has 1 aromatic heterocycles. The van der Waals surface area contributed by atoms with Crippen LogP contribution >= 0.6 is 15.9 Å². The summed E-state index contributed by atoms with van der Waals surface area (Å²) in [5, 5.41) is 0.998. The summed E-state index contributed by atoms with van der Waals surface area (Å²) in [5.41, 5.74) is 0.992. The Bertz CT molecular complexity index is 426. The van der Waals surface area contributed by atoms with E-state index in [1.165, 1.54) is 0 Å². The Morgan fingerprint density at radius 2 is 2.31 bits per heavy atom. The molecule has 2 rings (SSSR count). The molecule has 0 saturated carbocycles. The van der Waals surface area contributed by atoms with Crippen LogP contribution in [0, 0.1) is 0 Å². The smallest absolute Gasteiger partial charge is 0.228 e. The fourth-order valence-corrected chi connectivity index (χ4v) is 1.82. The van der Waals surface area contributed by atoms with Gasteiger partial charge in [-0.2, -0.15) is 0 Å². The second-order valence-corrected chi connectivity index (χ2v) is 3.45. The van der Waals surface area contributed by atoms with Gasteiger partial charge in [-0.1, -0.05) is 0 Å². The van der Waals surface area contributed by atoms with Gasteiger partial charge in [0.2, 0.25) is 6.86 Å². The van der Waals surface area contributed by atoms with Gasteiger partial charge in [-0.25, -0.2) is 4.39 Å². The standard InChI is InChI=1S/C9H7BrFNO/c10-8-4-7(13-5-11)3-6-1-2-12-9(6)8/h1-4,12H,5H2. The number of benzene rings is 1. The van der Waals surface area contributed by atoms with Crippen molar-refractivity contribution < 1.29 is 9.13 Å². The topological polar surface area (TPSA) is 25.0 Å². The Balaban J connectivity index is 2.56. The van der Waals surface area contributed by atoms with Gasteiger partial charge in [-0.15, -0.1) is 0 Å². The average Bonchev–Trinajstić information content (AvgIpc) is 2.53. The Morgan fingerprint density at radius 3 is 3.08 bits per heavy atom. The first-order chi connectivity index (χ1) is 6.31. The van der Waals surface area contributed by atoms with Crippen LogP contribution in [0.5, 0.6) is 5.75 Å². The molecule has 0 bridgehead atoms. The minimum atomic E-state index is -0.803. The molecule has 68 valence electrons. The molecule has 0 fully saturated rings. The van der Waals surface area contributed by atoms with Crippen LogP contribution in [0.3, 0.4) is 0 Å². The highest BCUT2D eigenvalue weighted by molar-refractivity contribution is 9.10. The monoisotopic (exact) mass is 243 g/mol. The lowest BCUT2D eigenvalue weighted by Crippen LogP contribution is -1.89. The van der Waals surface area contributed by atoms with Gasteiger partial charge in [0.15, 0.2) is 0 Å². The first-order valence-electron chi connectivity index (χ1n) is 3.76. The highest BCUT2D eigenvalue weighted by atomic mass is 79.9. The number of aromatic amines is 1. The van der Waals surface area contributed by atoms with Crippen molar-refractivity contribution in [3.63, 3.8) is 0 Å². The highest BCUT2D eigenvalue weighted by Gasteiger charge is 2.02. The van der Waals surface area contributed by atoms with Gasteiger partial charge in [-0.05, 0) is 34.1 Å². The number of H-pyrrole nitrogens is 1. The van der Waals surface area contributed by atoms with Crippen molar-refractivity contribution in [2.75, 3.05) is 6.86 Å². The molecule has 0 aliphatic rings. The molecule has 0 atom stereocenters. The fourth-order valence-electron chi connectivity index (χ4n) is 1.25. The summed E-state index contributed by atoms with van der Waals surface area (Å²) in [7, 11) is 0. The van der Waals surface area contributed by atoms with Gasteiger partial charge in [0.25, 0.3) is 0 Å². The molecule has 1 aromatic carbocycles. The van der Waals surface area contributed by atoms with Gasteiger partial charge in [0.1, 0.15) is 5.75 Å². The van der Waals surface area contributed by atoms with E-state index in [9.17, 15) is 4.39 Å². The lowest BCUT2D eigenvalue weighted by Gasteiger charge is -2.02. The van der Waals surface area contributed by atoms with Crippen molar-refractivity contribution in [2.45, 2.75) is 0 Å². The van der Waals surface area contributed by atoms with E-state index in [0.29, 0.717) is 5.75 Å². The Morgan fingerprint density at radius 1 is 1.46 bits per heavy atom. The van der Waals surface area contributed by atoms with Gasteiger partial charge >= 0.3 is 0 Å². The molecule has 13 heavy (non-hydrogen) atoms. The van der Waals surface area contributed by atoms with Gasteiger partial charge in [0, 0.05) is 16.1 Å². The van der Waals surface area contributed by atoms with E-state index in [-0.39, 0.29) is 0 Å². The molecular formula is C9H7BrFNO. The summed E-state index contributed by atoms with van der Waals surface area (Å²) in [4.78, 5) is 3.06. The van der Waals surface area contributed by atoms with Gasteiger partial charge in [0.05, 0.1) is 5.52 Å². The van der Waals surface area contributed by atoms with E-state index < -0.39 is 6.86 Å². The molecule has 0 amide bonds. The zero-order valence-corrected chi connectivity index (χ0v) is 8.27. The van der Waals surface area contributed by atoms with Crippen LogP contribution < -0.4 is 4.74 Å². The molecule has 0 aliphatic heterocycles. The number of fused-ring (bicyclic) bond motifs is 1.